The highest BCUT2D eigenvalue weighted by Crippen LogP contribution is 2.38. The lowest BCUT2D eigenvalue weighted by atomic mass is 9.96. The molecule has 1 aliphatic heterocycles. The first-order valence-corrected chi connectivity index (χ1v) is 10.9. The predicted octanol–water partition coefficient (Wildman–Crippen LogP) is 4.24. The number of aryl methyl sites for hydroxylation is 1. The summed E-state index contributed by atoms with van der Waals surface area (Å²) in [5.41, 5.74) is 3.77. The number of fused-ring (bicyclic) bond motifs is 3. The Balaban J connectivity index is 1.46. The molecule has 3 N–H and O–H groups in total. The van der Waals surface area contributed by atoms with Gasteiger partial charge >= 0.3 is 0 Å². The number of aromatic nitrogens is 4. The number of hydrogen-bond acceptors (Lipinski definition) is 6. The Morgan fingerprint density at radius 1 is 1.36 bits per heavy atom. The van der Waals surface area contributed by atoms with Crippen molar-refractivity contribution in [2.45, 2.75) is 25.9 Å². The molecular weight excluding hydrogens is 440 g/mol. The fraction of sp³-hybridized carbons (Fsp3) is 0.292. The van der Waals surface area contributed by atoms with Gasteiger partial charge < -0.3 is 20.4 Å². The lowest BCUT2D eigenvalue weighted by molar-refractivity contribution is 0.104. The molecule has 0 bridgehead atoms. The smallest absolute Gasteiger partial charge is 0.196 e. The van der Waals surface area contributed by atoms with Gasteiger partial charge in [-0.15, -0.1) is 0 Å². The molecule has 0 amide bonds. The summed E-state index contributed by atoms with van der Waals surface area (Å²) in [5, 5.41) is 12.0. The number of nitrogens with one attached hydrogen (secondary N) is 3. The van der Waals surface area contributed by atoms with Crippen molar-refractivity contribution in [1.82, 2.24) is 19.7 Å². The summed E-state index contributed by atoms with van der Waals surface area (Å²) < 4.78 is 29.0. The molecule has 9 heteroatoms. The Hall–Kier alpha value is -3.36. The van der Waals surface area contributed by atoms with Gasteiger partial charge in [-0.25, -0.2) is 4.98 Å². The molecule has 0 aliphatic carbocycles. The van der Waals surface area contributed by atoms with E-state index in [1.165, 1.54) is 0 Å². The molecule has 0 saturated heterocycles. The van der Waals surface area contributed by atoms with Gasteiger partial charge in [0.15, 0.2) is 5.78 Å². The van der Waals surface area contributed by atoms with E-state index in [4.69, 9.17) is 20.5 Å². The van der Waals surface area contributed by atoms with E-state index in [0.29, 0.717) is 51.6 Å². The molecule has 5 rings (SSSR count). The van der Waals surface area contributed by atoms with Crippen molar-refractivity contribution in [1.29, 1.82) is 0 Å². The number of nitrogens with zero attached hydrogens (tertiary/aromatic N) is 3. The lowest BCUT2D eigenvalue weighted by Crippen LogP contribution is -2.48. The maximum Gasteiger partial charge on any atom is 0.196 e. The molecule has 1 aromatic carbocycles. The number of pyridine rings is 1. The number of ether oxygens (including phenoxy) is 1. The van der Waals surface area contributed by atoms with Crippen LogP contribution in [-0.2, 0) is 11.3 Å². The van der Waals surface area contributed by atoms with Gasteiger partial charge in [0.25, 0.3) is 0 Å². The molecule has 33 heavy (non-hydrogen) atoms. The molecule has 8 nitrogen and oxygen atoms in total. The van der Waals surface area contributed by atoms with Gasteiger partial charge in [0.1, 0.15) is 5.65 Å². The second-order valence-corrected chi connectivity index (χ2v) is 9.01. The number of ketones is 1. The third-order valence-corrected chi connectivity index (χ3v) is 6.14. The standard InChI is InChI=1S/C24H25ClN6O2/c1-14-6-7-31(30-14)11-15-4-5-16(18(25)8-15)22(32)17-9-26-23-20(17)21-19(10-27-23)28-12-24(2,29-21)13-33-3/h4-10,28-29H,11-13H2,1-3H3,(H,26,27)/t24-/m0/s1/i3D3. The molecule has 3 aromatic heterocycles. The van der Waals surface area contributed by atoms with E-state index < -0.39 is 12.6 Å². The van der Waals surface area contributed by atoms with E-state index in [1.807, 2.05) is 36.9 Å². The highest BCUT2D eigenvalue weighted by molar-refractivity contribution is 6.35. The van der Waals surface area contributed by atoms with Crippen LogP contribution in [0, 0.1) is 6.92 Å². The van der Waals surface area contributed by atoms with Crippen molar-refractivity contribution < 1.29 is 13.6 Å². The molecule has 4 heterocycles. The van der Waals surface area contributed by atoms with Gasteiger partial charge in [-0.1, -0.05) is 17.7 Å². The second-order valence-electron chi connectivity index (χ2n) is 8.60. The Labute approximate surface area is 200 Å². The molecular formula is C24H25ClN6O2. The zero-order valence-electron chi connectivity index (χ0n) is 21.2. The van der Waals surface area contributed by atoms with Crippen LogP contribution in [0.4, 0.5) is 11.4 Å². The van der Waals surface area contributed by atoms with Gasteiger partial charge in [0.05, 0.1) is 62.0 Å². The number of methoxy groups -OCH3 is 1. The van der Waals surface area contributed by atoms with Crippen LogP contribution in [0.25, 0.3) is 11.0 Å². The summed E-state index contributed by atoms with van der Waals surface area (Å²) in [7, 11) is -2.51. The number of carbonyl (C=O) groups is 1. The summed E-state index contributed by atoms with van der Waals surface area (Å²) in [6, 6.07) is 7.28. The van der Waals surface area contributed by atoms with Crippen LogP contribution in [0.15, 0.2) is 42.9 Å². The van der Waals surface area contributed by atoms with Gasteiger partial charge in [-0.2, -0.15) is 5.10 Å². The average Bonchev–Trinajstić information content (AvgIpc) is 3.43. The highest BCUT2D eigenvalue weighted by Gasteiger charge is 2.32. The first-order valence-electron chi connectivity index (χ1n) is 12.0. The van der Waals surface area contributed by atoms with Crippen molar-refractivity contribution in [3.05, 3.63) is 70.3 Å². The number of carbonyl (C=O) groups excluding carboxylic acids is 1. The first kappa shape index (κ1) is 18.1. The topological polar surface area (TPSA) is 96.9 Å². The number of aromatic amines is 1. The van der Waals surface area contributed by atoms with Crippen molar-refractivity contribution >= 4 is 39.8 Å². The van der Waals surface area contributed by atoms with Gasteiger partial charge in [0.2, 0.25) is 0 Å². The van der Waals surface area contributed by atoms with E-state index in [9.17, 15) is 4.79 Å². The van der Waals surface area contributed by atoms with Crippen LogP contribution >= 0.6 is 11.6 Å². The largest absolute Gasteiger partial charge is 0.382 e. The fourth-order valence-electron chi connectivity index (χ4n) is 4.15. The minimum Gasteiger partial charge on any atom is -0.382 e. The van der Waals surface area contributed by atoms with Gasteiger partial charge in [-0.3, -0.25) is 9.48 Å². The zero-order valence-corrected chi connectivity index (χ0v) is 19.0. The number of rotatable bonds is 6. The summed E-state index contributed by atoms with van der Waals surface area (Å²) in [5.74, 6) is -0.254. The van der Waals surface area contributed by atoms with Crippen molar-refractivity contribution in [2.75, 3.05) is 30.8 Å². The van der Waals surface area contributed by atoms with Crippen molar-refractivity contribution in [3.63, 3.8) is 0 Å². The van der Waals surface area contributed by atoms with Crippen LogP contribution in [0.2, 0.25) is 5.02 Å². The van der Waals surface area contributed by atoms with Crippen LogP contribution < -0.4 is 10.6 Å². The summed E-state index contributed by atoms with van der Waals surface area (Å²) in [4.78, 5) is 21.1. The summed E-state index contributed by atoms with van der Waals surface area (Å²) >= 11 is 6.56. The Morgan fingerprint density at radius 3 is 3.00 bits per heavy atom. The van der Waals surface area contributed by atoms with Gasteiger partial charge in [0, 0.05) is 31.5 Å². The van der Waals surface area contributed by atoms with Crippen LogP contribution in [-0.4, -0.2) is 51.3 Å². The molecule has 0 spiro atoms. The third-order valence-electron chi connectivity index (χ3n) is 5.83. The monoisotopic (exact) mass is 467 g/mol. The Morgan fingerprint density at radius 2 is 2.24 bits per heavy atom. The first-order chi connectivity index (χ1) is 17.0. The van der Waals surface area contributed by atoms with Crippen molar-refractivity contribution in [2.24, 2.45) is 0 Å². The van der Waals surface area contributed by atoms with Crippen LogP contribution in [0.5, 0.6) is 0 Å². The number of benzene rings is 1. The Kier molecular flexibility index (Phi) is 4.50. The Bertz CT molecular complexity index is 1460. The minimum absolute atomic E-state index is 0.0590. The molecule has 0 saturated carbocycles. The molecule has 0 unspecified atom stereocenters. The SMILES string of the molecule is [2H]C([2H])([2H])OC[C@]1(C)CNc2cnc3[nH]cc(C(=O)c4ccc(Cn5ccc(C)n5)cc4Cl)c3c2N1. The molecule has 4 aromatic rings. The average molecular weight is 468 g/mol. The summed E-state index contributed by atoms with van der Waals surface area (Å²) in [6.45, 7) is 4.68. The second kappa shape index (κ2) is 8.20. The predicted molar refractivity (Wildman–Crippen MR) is 129 cm³/mol. The van der Waals surface area contributed by atoms with Gasteiger partial charge in [-0.05, 0) is 37.6 Å². The third kappa shape index (κ3) is 3.96. The lowest BCUT2D eigenvalue weighted by Gasteiger charge is -2.37. The maximum absolute atomic E-state index is 13.6. The minimum atomic E-state index is -2.51. The zero-order chi connectivity index (χ0) is 25.7. The van der Waals surface area contributed by atoms with Crippen molar-refractivity contribution in [3.8, 4) is 0 Å². The normalized spacial score (nSPS) is 19.2. The highest BCUT2D eigenvalue weighted by atomic mass is 35.5. The van der Waals surface area contributed by atoms with E-state index in [-0.39, 0.29) is 12.4 Å². The van der Waals surface area contributed by atoms with E-state index in [1.54, 1.807) is 24.5 Å². The molecule has 1 atom stereocenters. The number of hydrogen-bond donors (Lipinski definition) is 3. The maximum atomic E-state index is 13.6. The number of H-pyrrole nitrogens is 1. The van der Waals surface area contributed by atoms with Crippen LogP contribution in [0.3, 0.4) is 0 Å². The quantitative estimate of drug-likeness (QED) is 0.367. The molecule has 0 radical (unpaired) electrons. The molecule has 170 valence electrons. The van der Waals surface area contributed by atoms with E-state index in [0.717, 1.165) is 11.3 Å². The molecule has 1 aliphatic rings. The number of anilines is 2. The fourth-order valence-corrected chi connectivity index (χ4v) is 4.43. The van der Waals surface area contributed by atoms with E-state index >= 15 is 0 Å². The van der Waals surface area contributed by atoms with E-state index in [2.05, 4.69) is 25.7 Å². The van der Waals surface area contributed by atoms with Crippen LogP contribution in [0.1, 0.15) is 38.2 Å². The number of halogens is 1. The summed E-state index contributed by atoms with van der Waals surface area (Å²) in [6.07, 6.45) is 5.17. The molecule has 0 fully saturated rings.